The van der Waals surface area contributed by atoms with Crippen molar-refractivity contribution in [2.75, 3.05) is 24.7 Å². The number of carbonyl (C=O) groups excluding carboxylic acids is 2. The predicted octanol–water partition coefficient (Wildman–Crippen LogP) is 3.25. The van der Waals surface area contributed by atoms with E-state index in [2.05, 4.69) is 19.1 Å². The summed E-state index contributed by atoms with van der Waals surface area (Å²) in [5, 5.41) is 0. The lowest BCUT2D eigenvalue weighted by molar-refractivity contribution is -0.126. The van der Waals surface area contributed by atoms with E-state index in [0.717, 1.165) is 49.2 Å². The molecule has 2 atom stereocenters. The molecular formula is C23H26N2O3. The Labute approximate surface area is 165 Å². The number of benzene rings is 2. The van der Waals surface area contributed by atoms with Crippen LogP contribution < -0.4 is 10.6 Å². The molecule has 0 radical (unpaired) electrons. The van der Waals surface area contributed by atoms with E-state index < -0.39 is 5.91 Å². The Morgan fingerprint density at radius 2 is 2.04 bits per heavy atom. The fraction of sp³-hybridized carbons (Fsp3) is 0.391. The van der Waals surface area contributed by atoms with Gasteiger partial charge in [0.25, 0.3) is 0 Å². The second kappa shape index (κ2) is 7.76. The van der Waals surface area contributed by atoms with Gasteiger partial charge < -0.3 is 15.4 Å². The number of hydrogen-bond acceptors (Lipinski definition) is 3. The molecule has 2 aliphatic rings. The molecule has 1 saturated heterocycles. The number of anilines is 1. The smallest absolute Gasteiger partial charge is 0.248 e. The third-order valence-corrected chi connectivity index (χ3v) is 5.97. The Hall–Kier alpha value is -2.66. The van der Waals surface area contributed by atoms with Gasteiger partial charge in [0.05, 0.1) is 12.5 Å². The summed E-state index contributed by atoms with van der Waals surface area (Å²) in [6.07, 6.45) is 2.71. The quantitative estimate of drug-likeness (QED) is 0.888. The summed E-state index contributed by atoms with van der Waals surface area (Å²) >= 11 is 0. The van der Waals surface area contributed by atoms with Crippen LogP contribution in [0.5, 0.6) is 0 Å². The van der Waals surface area contributed by atoms with Crippen LogP contribution in [0.4, 0.5) is 5.69 Å². The van der Waals surface area contributed by atoms with Gasteiger partial charge in [0.15, 0.2) is 0 Å². The van der Waals surface area contributed by atoms with Crippen LogP contribution in [-0.2, 0) is 16.0 Å². The molecule has 5 heteroatoms. The molecule has 2 aromatic carbocycles. The molecule has 2 unspecified atom stereocenters. The Kier molecular flexibility index (Phi) is 5.18. The molecule has 28 heavy (non-hydrogen) atoms. The van der Waals surface area contributed by atoms with Crippen LogP contribution in [-0.4, -0.2) is 31.6 Å². The van der Waals surface area contributed by atoms with Gasteiger partial charge in [-0.1, -0.05) is 37.3 Å². The molecule has 2 heterocycles. The maximum absolute atomic E-state index is 12.9. The molecule has 2 aromatic rings. The lowest BCUT2D eigenvalue weighted by atomic mass is 9.88. The second-order valence-electron chi connectivity index (χ2n) is 7.72. The van der Waals surface area contributed by atoms with Crippen molar-refractivity contribution < 1.29 is 14.3 Å². The standard InChI is InChI=1S/C23H26N2O3/c1-15(19-6-2-3-7-20(19)22(24)26)16-8-9-21-17(13-16)10-11-25(21)23(27)18-5-4-12-28-14-18/h2-3,6-9,13,15,18H,4-5,10-12,14H2,1H3,(H2,24,26). The first-order valence-electron chi connectivity index (χ1n) is 9.97. The summed E-state index contributed by atoms with van der Waals surface area (Å²) in [5.74, 6) is -0.209. The van der Waals surface area contributed by atoms with Gasteiger partial charge in [-0.3, -0.25) is 9.59 Å². The van der Waals surface area contributed by atoms with Crippen LogP contribution in [0.15, 0.2) is 42.5 Å². The largest absolute Gasteiger partial charge is 0.381 e. The normalized spacial score (nSPS) is 19.9. The molecule has 4 rings (SSSR count). The van der Waals surface area contributed by atoms with Crippen molar-refractivity contribution in [3.05, 3.63) is 64.7 Å². The van der Waals surface area contributed by atoms with E-state index in [0.29, 0.717) is 12.2 Å². The summed E-state index contributed by atoms with van der Waals surface area (Å²) in [6.45, 7) is 4.10. The van der Waals surface area contributed by atoms with Crippen LogP contribution in [0.25, 0.3) is 0 Å². The first-order chi connectivity index (χ1) is 13.6. The Balaban J connectivity index is 1.59. The van der Waals surface area contributed by atoms with Crippen molar-refractivity contribution in [3.63, 3.8) is 0 Å². The number of fused-ring (bicyclic) bond motifs is 1. The first kappa shape index (κ1) is 18.7. The van der Waals surface area contributed by atoms with Gasteiger partial charge in [0.1, 0.15) is 0 Å². The van der Waals surface area contributed by atoms with Crippen LogP contribution >= 0.6 is 0 Å². The van der Waals surface area contributed by atoms with Gasteiger partial charge in [-0.2, -0.15) is 0 Å². The van der Waals surface area contributed by atoms with Gasteiger partial charge in [0.2, 0.25) is 11.8 Å². The second-order valence-corrected chi connectivity index (χ2v) is 7.72. The van der Waals surface area contributed by atoms with Crippen molar-refractivity contribution in [1.82, 2.24) is 0 Å². The summed E-state index contributed by atoms with van der Waals surface area (Å²) in [6, 6.07) is 13.8. The maximum Gasteiger partial charge on any atom is 0.248 e. The van der Waals surface area contributed by atoms with Gasteiger partial charge in [-0.15, -0.1) is 0 Å². The SMILES string of the molecule is CC(c1ccc2c(c1)CCN2C(=O)C1CCCOC1)c1ccccc1C(N)=O. The van der Waals surface area contributed by atoms with E-state index in [1.165, 1.54) is 5.56 Å². The molecule has 0 aliphatic carbocycles. The number of ether oxygens (including phenoxy) is 1. The fourth-order valence-corrected chi connectivity index (χ4v) is 4.35. The van der Waals surface area contributed by atoms with Crippen LogP contribution in [0, 0.1) is 5.92 Å². The van der Waals surface area contributed by atoms with Crippen LogP contribution in [0.3, 0.4) is 0 Å². The highest BCUT2D eigenvalue weighted by molar-refractivity contribution is 5.97. The van der Waals surface area contributed by atoms with Crippen LogP contribution in [0.2, 0.25) is 0 Å². The number of hydrogen-bond donors (Lipinski definition) is 1. The predicted molar refractivity (Wildman–Crippen MR) is 109 cm³/mol. The van der Waals surface area contributed by atoms with E-state index >= 15 is 0 Å². The third-order valence-electron chi connectivity index (χ3n) is 5.97. The molecular weight excluding hydrogens is 352 g/mol. The molecule has 1 fully saturated rings. The molecule has 2 N–H and O–H groups in total. The third kappa shape index (κ3) is 3.42. The summed E-state index contributed by atoms with van der Waals surface area (Å²) in [5.41, 5.74) is 10.4. The van der Waals surface area contributed by atoms with E-state index in [9.17, 15) is 9.59 Å². The van der Waals surface area contributed by atoms with Gasteiger partial charge in [-0.25, -0.2) is 0 Å². The minimum atomic E-state index is -0.407. The zero-order valence-corrected chi connectivity index (χ0v) is 16.2. The van der Waals surface area contributed by atoms with Crippen molar-refractivity contribution in [2.24, 2.45) is 11.7 Å². The number of carbonyl (C=O) groups is 2. The summed E-state index contributed by atoms with van der Waals surface area (Å²) in [4.78, 5) is 26.6. The minimum Gasteiger partial charge on any atom is -0.381 e. The lowest BCUT2D eigenvalue weighted by Crippen LogP contribution is -2.38. The molecule has 146 valence electrons. The lowest BCUT2D eigenvalue weighted by Gasteiger charge is -2.27. The summed E-state index contributed by atoms with van der Waals surface area (Å²) < 4.78 is 5.50. The zero-order chi connectivity index (χ0) is 19.7. The Morgan fingerprint density at radius 3 is 2.79 bits per heavy atom. The number of nitrogens with two attached hydrogens (primary N) is 1. The van der Waals surface area contributed by atoms with Crippen LogP contribution in [0.1, 0.15) is 52.7 Å². The topological polar surface area (TPSA) is 72.6 Å². The minimum absolute atomic E-state index is 0.0271. The highest BCUT2D eigenvalue weighted by Gasteiger charge is 2.31. The van der Waals surface area contributed by atoms with E-state index in [-0.39, 0.29) is 17.7 Å². The number of primary amides is 1. The Bertz CT molecular complexity index is 902. The van der Waals surface area contributed by atoms with Gasteiger partial charge >= 0.3 is 0 Å². The average Bonchev–Trinajstić information content (AvgIpc) is 3.16. The highest BCUT2D eigenvalue weighted by Crippen LogP contribution is 2.35. The maximum atomic E-state index is 12.9. The molecule has 0 bridgehead atoms. The molecule has 5 nitrogen and oxygen atoms in total. The molecule has 0 aromatic heterocycles. The summed E-state index contributed by atoms with van der Waals surface area (Å²) in [7, 11) is 0. The average molecular weight is 378 g/mol. The van der Waals surface area contributed by atoms with Crippen molar-refractivity contribution >= 4 is 17.5 Å². The van der Waals surface area contributed by atoms with Crippen molar-refractivity contribution in [2.45, 2.75) is 32.1 Å². The van der Waals surface area contributed by atoms with Gasteiger partial charge in [-0.05, 0) is 48.1 Å². The number of nitrogens with zero attached hydrogens (tertiary/aromatic N) is 1. The first-order valence-corrected chi connectivity index (χ1v) is 9.97. The molecule has 2 amide bonds. The fourth-order valence-electron chi connectivity index (χ4n) is 4.35. The van der Waals surface area contributed by atoms with Gasteiger partial charge in [0, 0.05) is 30.3 Å². The number of amides is 2. The van der Waals surface area contributed by atoms with E-state index in [1.54, 1.807) is 6.07 Å². The molecule has 2 aliphatic heterocycles. The highest BCUT2D eigenvalue weighted by atomic mass is 16.5. The van der Waals surface area contributed by atoms with Crippen molar-refractivity contribution in [1.29, 1.82) is 0 Å². The van der Waals surface area contributed by atoms with Crippen molar-refractivity contribution in [3.8, 4) is 0 Å². The van der Waals surface area contributed by atoms with E-state index in [4.69, 9.17) is 10.5 Å². The Morgan fingerprint density at radius 1 is 1.21 bits per heavy atom. The molecule has 0 spiro atoms. The zero-order valence-electron chi connectivity index (χ0n) is 16.2. The molecule has 0 saturated carbocycles. The number of rotatable bonds is 4. The monoisotopic (exact) mass is 378 g/mol. The van der Waals surface area contributed by atoms with E-state index in [1.807, 2.05) is 29.2 Å².